The maximum absolute atomic E-state index is 11.4. The number of benzene rings is 4. The fraction of sp³-hybridized carbons (Fsp3) is 0.286. The van der Waals surface area contributed by atoms with Crippen molar-refractivity contribution >= 4 is 29.0 Å². The van der Waals surface area contributed by atoms with Gasteiger partial charge in [0.2, 0.25) is 0 Å². The number of anilines is 3. The van der Waals surface area contributed by atoms with Gasteiger partial charge in [0.15, 0.2) is 0 Å². The Morgan fingerprint density at radius 3 is 1.72 bits per heavy atom. The Kier molecular flexibility index (Phi) is 11.1. The molecule has 5 nitrogen and oxygen atoms in total. The average Bonchev–Trinajstić information content (AvgIpc) is 3.36. The van der Waals surface area contributed by atoms with E-state index in [1.165, 1.54) is 52.0 Å². The van der Waals surface area contributed by atoms with Crippen LogP contribution in [0, 0.1) is 0 Å². The predicted octanol–water partition coefficient (Wildman–Crippen LogP) is 9.96. The van der Waals surface area contributed by atoms with Crippen molar-refractivity contribution < 1.29 is 19.1 Å². The minimum Gasteiger partial charge on any atom is -0.463 e. The molecule has 0 heterocycles. The molecule has 0 spiro atoms. The number of hydrogen-bond donors (Lipinski definition) is 0. The first-order valence-corrected chi connectivity index (χ1v) is 16.7. The van der Waals surface area contributed by atoms with Gasteiger partial charge in [-0.2, -0.15) is 0 Å². The highest BCUT2D eigenvalue weighted by Crippen LogP contribution is 2.52. The molecule has 1 atom stereocenters. The summed E-state index contributed by atoms with van der Waals surface area (Å²) in [4.78, 5) is 25.1. The first-order chi connectivity index (χ1) is 22.9. The van der Waals surface area contributed by atoms with Crippen LogP contribution in [0.5, 0.6) is 0 Å². The number of carbonyl (C=O) groups is 2. The molecule has 0 N–H and O–H groups in total. The molecule has 1 aliphatic rings. The summed E-state index contributed by atoms with van der Waals surface area (Å²) in [6.45, 7) is 12.3. The minimum absolute atomic E-state index is 0.0541. The first kappa shape index (κ1) is 33.5. The summed E-state index contributed by atoms with van der Waals surface area (Å²) >= 11 is 0. The number of carbonyl (C=O) groups excluding carboxylic acids is 2. The molecule has 0 aliphatic heterocycles. The van der Waals surface area contributed by atoms with Crippen LogP contribution in [0.25, 0.3) is 11.1 Å². The van der Waals surface area contributed by atoms with Crippen LogP contribution in [-0.4, -0.2) is 25.2 Å². The van der Waals surface area contributed by atoms with Crippen LogP contribution in [-0.2, 0) is 37.3 Å². The number of aryl methyl sites for hydroxylation is 2. The lowest BCUT2D eigenvalue weighted by Gasteiger charge is -2.30. The van der Waals surface area contributed by atoms with Crippen molar-refractivity contribution in [3.05, 3.63) is 139 Å². The van der Waals surface area contributed by atoms with E-state index in [-0.39, 0.29) is 17.4 Å². The van der Waals surface area contributed by atoms with Crippen molar-refractivity contribution in [2.24, 2.45) is 0 Å². The Hall–Kier alpha value is -4.90. The van der Waals surface area contributed by atoms with E-state index in [1.54, 1.807) is 0 Å². The largest absolute Gasteiger partial charge is 0.463 e. The van der Waals surface area contributed by atoms with E-state index in [2.05, 4.69) is 123 Å². The van der Waals surface area contributed by atoms with Crippen LogP contribution in [0.15, 0.2) is 116 Å². The maximum Gasteiger partial charge on any atom is 0.330 e. The van der Waals surface area contributed by atoms with E-state index < -0.39 is 0 Å². The zero-order valence-electron chi connectivity index (χ0n) is 27.7. The van der Waals surface area contributed by atoms with E-state index in [9.17, 15) is 9.59 Å². The van der Waals surface area contributed by atoms with Crippen molar-refractivity contribution in [3.63, 3.8) is 0 Å². The molecule has 0 saturated heterocycles. The van der Waals surface area contributed by atoms with E-state index >= 15 is 0 Å². The van der Waals surface area contributed by atoms with E-state index in [0.717, 1.165) is 55.6 Å². The van der Waals surface area contributed by atoms with Gasteiger partial charge in [-0.05, 0) is 102 Å². The Balaban J connectivity index is 1.46. The monoisotopic (exact) mass is 627 g/mol. The van der Waals surface area contributed by atoms with E-state index in [1.807, 2.05) is 0 Å². The molecule has 0 radical (unpaired) electrons. The molecule has 4 aromatic carbocycles. The lowest BCUT2D eigenvalue weighted by molar-refractivity contribution is -0.138. The molecule has 5 rings (SSSR count). The van der Waals surface area contributed by atoms with Crippen LogP contribution in [0.2, 0.25) is 0 Å². The van der Waals surface area contributed by atoms with Crippen molar-refractivity contribution in [1.29, 1.82) is 0 Å². The highest BCUT2D eigenvalue weighted by molar-refractivity contribution is 5.86. The third-order valence-electron chi connectivity index (χ3n) is 9.13. The molecule has 4 aromatic rings. The highest BCUT2D eigenvalue weighted by atomic mass is 16.5. The fourth-order valence-corrected chi connectivity index (χ4v) is 6.59. The topological polar surface area (TPSA) is 55.8 Å². The molecule has 242 valence electrons. The Bertz CT molecular complexity index is 1630. The number of rotatable bonds is 16. The lowest BCUT2D eigenvalue weighted by Crippen LogP contribution is -2.21. The van der Waals surface area contributed by atoms with E-state index in [4.69, 9.17) is 9.47 Å². The Morgan fingerprint density at radius 2 is 1.19 bits per heavy atom. The van der Waals surface area contributed by atoms with Gasteiger partial charge in [-0.3, -0.25) is 0 Å². The van der Waals surface area contributed by atoms with Gasteiger partial charge in [0.25, 0.3) is 0 Å². The molecule has 47 heavy (non-hydrogen) atoms. The first-order valence-electron chi connectivity index (χ1n) is 16.7. The van der Waals surface area contributed by atoms with Crippen molar-refractivity contribution in [2.75, 3.05) is 18.1 Å². The number of nitrogens with zero attached hydrogens (tertiary/aromatic N) is 1. The van der Waals surface area contributed by atoms with Gasteiger partial charge < -0.3 is 14.4 Å². The lowest BCUT2D eigenvalue weighted by atomic mass is 9.76. The van der Waals surface area contributed by atoms with Gasteiger partial charge in [0, 0.05) is 34.6 Å². The summed E-state index contributed by atoms with van der Waals surface area (Å²) in [5.41, 5.74) is 11.0. The second kappa shape index (κ2) is 15.6. The zero-order chi connectivity index (χ0) is 33.2. The van der Waals surface area contributed by atoms with Crippen LogP contribution in [0.4, 0.5) is 17.1 Å². The molecule has 0 fully saturated rings. The smallest absolute Gasteiger partial charge is 0.330 e. The summed E-state index contributed by atoms with van der Waals surface area (Å²) in [5.74, 6) is -0.775. The standard InChI is InChI=1S/C42H45NO4/c1-5-8-27-42(4)38-16-10-9-15-36(38)37-26-25-35(30-39(37)42)43(33-21-17-31(18-22-33)13-11-28-46-40(44)6-2)34-23-19-32(20-24-34)14-12-29-47-41(45)7-3/h6-7,9-10,15-26,30H,2-3,5,8,11-14,27-29H2,1,4H3. The number of hydrogen-bond acceptors (Lipinski definition) is 5. The summed E-state index contributed by atoms with van der Waals surface area (Å²) in [5, 5.41) is 0. The predicted molar refractivity (Wildman–Crippen MR) is 191 cm³/mol. The van der Waals surface area contributed by atoms with Gasteiger partial charge in [-0.1, -0.05) is 94.4 Å². The number of ether oxygens (including phenoxy) is 2. The highest BCUT2D eigenvalue weighted by Gasteiger charge is 2.39. The fourth-order valence-electron chi connectivity index (χ4n) is 6.59. The summed E-state index contributed by atoms with van der Waals surface area (Å²) in [6, 6.07) is 33.1. The third kappa shape index (κ3) is 7.74. The second-order valence-electron chi connectivity index (χ2n) is 12.3. The summed E-state index contributed by atoms with van der Waals surface area (Å²) in [7, 11) is 0. The van der Waals surface area contributed by atoms with Crippen LogP contribution >= 0.6 is 0 Å². The molecule has 0 aromatic heterocycles. The van der Waals surface area contributed by atoms with Crippen molar-refractivity contribution in [1.82, 2.24) is 0 Å². The van der Waals surface area contributed by atoms with Crippen LogP contribution in [0.3, 0.4) is 0 Å². The van der Waals surface area contributed by atoms with Crippen LogP contribution < -0.4 is 4.90 Å². The zero-order valence-corrected chi connectivity index (χ0v) is 27.7. The van der Waals surface area contributed by atoms with Gasteiger partial charge in [-0.15, -0.1) is 0 Å². The summed E-state index contributed by atoms with van der Waals surface area (Å²) in [6.07, 6.45) is 8.94. The molecule has 0 amide bonds. The molecule has 1 unspecified atom stereocenters. The van der Waals surface area contributed by atoms with Crippen LogP contribution in [0.1, 0.15) is 68.2 Å². The maximum atomic E-state index is 11.4. The number of fused-ring (bicyclic) bond motifs is 3. The van der Waals surface area contributed by atoms with Gasteiger partial charge in [0.05, 0.1) is 13.2 Å². The molecule has 1 aliphatic carbocycles. The van der Waals surface area contributed by atoms with Gasteiger partial charge >= 0.3 is 11.9 Å². The van der Waals surface area contributed by atoms with Gasteiger partial charge in [0.1, 0.15) is 0 Å². The SMILES string of the molecule is C=CC(=O)OCCCc1ccc(N(c2ccc(CCCOC(=O)C=C)cc2)c2ccc3c(c2)C(C)(CCCC)c2ccccc2-3)cc1. The molecule has 0 saturated carbocycles. The normalized spacial score (nSPS) is 14.5. The number of esters is 2. The van der Waals surface area contributed by atoms with Crippen molar-refractivity contribution in [3.8, 4) is 11.1 Å². The molecular weight excluding hydrogens is 582 g/mol. The van der Waals surface area contributed by atoms with E-state index in [0.29, 0.717) is 13.2 Å². The molecule has 5 heteroatoms. The van der Waals surface area contributed by atoms with Gasteiger partial charge in [-0.25, -0.2) is 9.59 Å². The molecular formula is C42H45NO4. The minimum atomic E-state index is -0.388. The number of unbranched alkanes of at least 4 members (excludes halogenated alkanes) is 1. The second-order valence-corrected chi connectivity index (χ2v) is 12.3. The summed E-state index contributed by atoms with van der Waals surface area (Å²) < 4.78 is 10.3. The Morgan fingerprint density at radius 1 is 0.681 bits per heavy atom. The quantitative estimate of drug-likeness (QED) is 0.0703. The average molecular weight is 628 g/mol. The van der Waals surface area contributed by atoms with Crippen molar-refractivity contribution in [2.45, 2.75) is 64.2 Å². The third-order valence-corrected chi connectivity index (χ3v) is 9.13. The molecule has 0 bridgehead atoms. The Labute approximate surface area is 279 Å².